The van der Waals surface area contributed by atoms with Crippen LogP contribution in [0.1, 0.15) is 5.56 Å². The second-order valence-electron chi connectivity index (χ2n) is 3.65. The smallest absolute Gasteiger partial charge is 0.441 e. The van der Waals surface area contributed by atoms with Crippen LogP contribution in [-0.4, -0.2) is 31.5 Å². The monoisotopic (exact) mass is 279 g/mol. The van der Waals surface area contributed by atoms with Gasteiger partial charge in [0.1, 0.15) is 5.75 Å². The van der Waals surface area contributed by atoms with Crippen LogP contribution < -0.4 is 10.1 Å². The Kier molecular flexibility index (Phi) is 6.35. The molecular formula is C12H16F3NOS. The largest absolute Gasteiger partial charge is 0.497 e. The molecule has 0 amide bonds. The fraction of sp³-hybridized carbons (Fsp3) is 0.500. The Morgan fingerprint density at radius 3 is 2.72 bits per heavy atom. The third-order valence-electron chi connectivity index (χ3n) is 2.27. The summed E-state index contributed by atoms with van der Waals surface area (Å²) in [6.45, 7) is 1.01. The van der Waals surface area contributed by atoms with Crippen LogP contribution in [0.15, 0.2) is 24.3 Å². The maximum atomic E-state index is 11.8. The predicted molar refractivity (Wildman–Crippen MR) is 68.1 cm³/mol. The van der Waals surface area contributed by atoms with E-state index in [-0.39, 0.29) is 17.5 Å². The first-order valence-corrected chi connectivity index (χ1v) is 6.54. The minimum absolute atomic E-state index is 0.00339. The Balaban J connectivity index is 2.14. The van der Waals surface area contributed by atoms with E-state index in [4.69, 9.17) is 4.74 Å². The van der Waals surface area contributed by atoms with E-state index in [1.807, 2.05) is 24.3 Å². The van der Waals surface area contributed by atoms with Gasteiger partial charge in [0.05, 0.1) is 7.11 Å². The van der Waals surface area contributed by atoms with E-state index in [0.29, 0.717) is 13.1 Å². The first-order chi connectivity index (χ1) is 8.51. The van der Waals surface area contributed by atoms with Gasteiger partial charge in [-0.3, -0.25) is 0 Å². The molecule has 2 nitrogen and oxygen atoms in total. The van der Waals surface area contributed by atoms with Crippen molar-refractivity contribution in [1.29, 1.82) is 0 Å². The van der Waals surface area contributed by atoms with Crippen LogP contribution in [0.2, 0.25) is 0 Å². The summed E-state index contributed by atoms with van der Waals surface area (Å²) in [5, 5.41) is 2.98. The average molecular weight is 279 g/mol. The highest BCUT2D eigenvalue weighted by molar-refractivity contribution is 8.00. The van der Waals surface area contributed by atoms with Gasteiger partial charge in [-0.15, -0.1) is 0 Å². The van der Waals surface area contributed by atoms with Gasteiger partial charge in [0.2, 0.25) is 0 Å². The van der Waals surface area contributed by atoms with Crippen LogP contribution in [0.3, 0.4) is 0 Å². The summed E-state index contributed by atoms with van der Waals surface area (Å²) < 4.78 is 40.6. The van der Waals surface area contributed by atoms with E-state index in [1.54, 1.807) is 7.11 Å². The van der Waals surface area contributed by atoms with Crippen LogP contribution in [0.4, 0.5) is 13.2 Å². The lowest BCUT2D eigenvalue weighted by Crippen LogP contribution is -2.21. The molecule has 102 valence electrons. The number of thioether (sulfide) groups is 1. The number of nitrogens with one attached hydrogen (secondary N) is 1. The second-order valence-corrected chi connectivity index (χ2v) is 4.81. The Bertz CT molecular complexity index is 357. The Morgan fingerprint density at radius 1 is 1.28 bits per heavy atom. The van der Waals surface area contributed by atoms with Crippen LogP contribution in [0.5, 0.6) is 5.75 Å². The van der Waals surface area contributed by atoms with Gasteiger partial charge in [0, 0.05) is 12.3 Å². The summed E-state index contributed by atoms with van der Waals surface area (Å²) in [7, 11) is 1.60. The van der Waals surface area contributed by atoms with Crippen molar-refractivity contribution in [3.8, 4) is 5.75 Å². The zero-order chi connectivity index (χ0) is 13.4. The molecule has 1 N–H and O–H groups in total. The third kappa shape index (κ3) is 6.76. The summed E-state index contributed by atoms with van der Waals surface area (Å²) in [4.78, 5) is 0. The number of ether oxygens (including phenoxy) is 1. The molecule has 0 unspecified atom stereocenters. The molecule has 6 heteroatoms. The van der Waals surface area contributed by atoms with Gasteiger partial charge in [0.25, 0.3) is 0 Å². The molecule has 0 spiro atoms. The molecule has 0 atom stereocenters. The first-order valence-electron chi connectivity index (χ1n) is 5.55. The van der Waals surface area contributed by atoms with Gasteiger partial charge < -0.3 is 10.1 Å². The summed E-state index contributed by atoms with van der Waals surface area (Å²) >= 11 is 0.00339. The van der Waals surface area contributed by atoms with Gasteiger partial charge in [-0.1, -0.05) is 12.1 Å². The second kappa shape index (κ2) is 7.53. The van der Waals surface area contributed by atoms with Crippen LogP contribution in [-0.2, 0) is 6.42 Å². The van der Waals surface area contributed by atoms with Crippen molar-refractivity contribution in [2.75, 3.05) is 26.0 Å². The average Bonchev–Trinajstić information content (AvgIpc) is 2.32. The van der Waals surface area contributed by atoms with E-state index >= 15 is 0 Å². The number of benzene rings is 1. The molecule has 1 aromatic carbocycles. The molecule has 1 aromatic rings. The van der Waals surface area contributed by atoms with Crippen molar-refractivity contribution >= 4 is 11.8 Å². The van der Waals surface area contributed by atoms with Crippen molar-refractivity contribution in [3.63, 3.8) is 0 Å². The molecule has 0 bridgehead atoms. The van der Waals surface area contributed by atoms with Gasteiger partial charge >= 0.3 is 5.51 Å². The fourth-order valence-corrected chi connectivity index (χ4v) is 1.90. The molecule has 18 heavy (non-hydrogen) atoms. The number of halogens is 3. The molecule has 0 saturated heterocycles. The molecule has 1 rings (SSSR count). The summed E-state index contributed by atoms with van der Waals surface area (Å²) in [5.74, 6) is 0.835. The van der Waals surface area contributed by atoms with Crippen LogP contribution in [0, 0.1) is 0 Å². The minimum atomic E-state index is -4.13. The normalized spacial score (nSPS) is 11.6. The standard InChI is InChI=1S/C12H16F3NOS/c1-17-11-4-2-3-10(9-11)5-6-16-7-8-18-12(13,14)15/h2-4,9,16H,5-8H2,1H3. The molecule has 0 aliphatic carbocycles. The number of hydrogen-bond acceptors (Lipinski definition) is 3. The summed E-state index contributed by atoms with van der Waals surface area (Å²) in [5.41, 5.74) is -3.03. The highest BCUT2D eigenvalue weighted by Gasteiger charge is 2.27. The highest BCUT2D eigenvalue weighted by Crippen LogP contribution is 2.29. The molecular weight excluding hydrogens is 263 g/mol. The molecule has 0 heterocycles. The zero-order valence-corrected chi connectivity index (χ0v) is 10.9. The fourth-order valence-electron chi connectivity index (χ4n) is 1.42. The van der Waals surface area contributed by atoms with Gasteiger partial charge in [0.15, 0.2) is 0 Å². The van der Waals surface area contributed by atoms with E-state index in [1.165, 1.54) is 0 Å². The van der Waals surface area contributed by atoms with Crippen molar-refractivity contribution in [2.24, 2.45) is 0 Å². The Hall–Kier alpha value is -0.880. The van der Waals surface area contributed by atoms with Crippen molar-refractivity contribution in [1.82, 2.24) is 5.32 Å². The summed E-state index contributed by atoms with van der Waals surface area (Å²) in [6, 6.07) is 7.64. The number of methoxy groups -OCH3 is 1. The molecule has 0 aliphatic rings. The third-order valence-corrected chi connectivity index (χ3v) is 3.00. The molecule has 0 aromatic heterocycles. The van der Waals surface area contributed by atoms with Gasteiger partial charge in [-0.05, 0) is 42.4 Å². The van der Waals surface area contributed by atoms with Gasteiger partial charge in [-0.2, -0.15) is 13.2 Å². The van der Waals surface area contributed by atoms with Crippen molar-refractivity contribution in [3.05, 3.63) is 29.8 Å². The van der Waals surface area contributed by atoms with Crippen molar-refractivity contribution < 1.29 is 17.9 Å². The lowest BCUT2D eigenvalue weighted by molar-refractivity contribution is -0.0327. The molecule has 0 aliphatic heterocycles. The molecule has 0 fully saturated rings. The quantitative estimate of drug-likeness (QED) is 0.775. The maximum absolute atomic E-state index is 11.8. The minimum Gasteiger partial charge on any atom is -0.497 e. The number of rotatable bonds is 7. The molecule has 0 radical (unpaired) electrons. The number of hydrogen-bond donors (Lipinski definition) is 1. The van der Waals surface area contributed by atoms with E-state index in [9.17, 15) is 13.2 Å². The maximum Gasteiger partial charge on any atom is 0.441 e. The lowest BCUT2D eigenvalue weighted by Gasteiger charge is -2.07. The SMILES string of the molecule is COc1cccc(CCNCCSC(F)(F)F)c1. The van der Waals surface area contributed by atoms with Crippen molar-refractivity contribution in [2.45, 2.75) is 11.9 Å². The zero-order valence-electron chi connectivity index (χ0n) is 10.1. The number of alkyl halides is 3. The first kappa shape index (κ1) is 15.2. The van der Waals surface area contributed by atoms with Gasteiger partial charge in [-0.25, -0.2) is 0 Å². The topological polar surface area (TPSA) is 21.3 Å². The van der Waals surface area contributed by atoms with E-state index in [2.05, 4.69) is 5.32 Å². The Labute approximate surface area is 109 Å². The highest BCUT2D eigenvalue weighted by atomic mass is 32.2. The lowest BCUT2D eigenvalue weighted by atomic mass is 10.1. The van der Waals surface area contributed by atoms with E-state index in [0.717, 1.165) is 17.7 Å². The summed E-state index contributed by atoms with van der Waals surface area (Å²) in [6.07, 6.45) is 0.772. The van der Waals surface area contributed by atoms with Crippen LogP contribution in [0.25, 0.3) is 0 Å². The Morgan fingerprint density at radius 2 is 2.06 bits per heavy atom. The molecule has 0 saturated carbocycles. The predicted octanol–water partition coefficient (Wildman–Crippen LogP) is 3.08. The van der Waals surface area contributed by atoms with Crippen LogP contribution >= 0.6 is 11.8 Å². The van der Waals surface area contributed by atoms with E-state index < -0.39 is 5.51 Å².